The number of amides is 1. The molecule has 1 aromatic heterocycles. The Bertz CT molecular complexity index is 1050. The first-order valence-corrected chi connectivity index (χ1v) is 12.8. The molecule has 1 spiro atoms. The predicted octanol–water partition coefficient (Wildman–Crippen LogP) is 4.84. The number of anilines is 2. The van der Waals surface area contributed by atoms with Gasteiger partial charge >= 0.3 is 6.03 Å². The van der Waals surface area contributed by atoms with Crippen molar-refractivity contribution in [2.75, 3.05) is 42.9 Å². The molecule has 3 aliphatic heterocycles. The molecule has 0 atom stereocenters. The van der Waals surface area contributed by atoms with Gasteiger partial charge in [0.2, 0.25) is 0 Å². The average molecular weight is 463 g/mol. The molecule has 0 unspecified atom stereocenters. The number of benzene rings is 1. The van der Waals surface area contributed by atoms with E-state index in [1.54, 1.807) is 6.20 Å². The van der Waals surface area contributed by atoms with E-state index in [-0.39, 0.29) is 11.6 Å². The smallest absolute Gasteiger partial charge is 0.344 e. The van der Waals surface area contributed by atoms with Gasteiger partial charge in [0.15, 0.2) is 5.82 Å². The van der Waals surface area contributed by atoms with Gasteiger partial charge in [0.05, 0.1) is 0 Å². The minimum Gasteiger partial charge on any atom is -0.371 e. The fourth-order valence-electron chi connectivity index (χ4n) is 6.05. The van der Waals surface area contributed by atoms with E-state index in [0.29, 0.717) is 5.82 Å². The summed E-state index contributed by atoms with van der Waals surface area (Å²) < 4.78 is 1.45. The van der Waals surface area contributed by atoms with Crippen LogP contribution in [0.1, 0.15) is 56.6 Å². The van der Waals surface area contributed by atoms with E-state index in [9.17, 15) is 4.79 Å². The quantitative estimate of drug-likeness (QED) is 0.689. The number of allylic oxidation sites excluding steroid dienone is 1. The normalized spacial score (nSPS) is 20.3. The lowest BCUT2D eigenvalue weighted by Gasteiger charge is -2.45. The molecular weight excluding hydrogens is 424 g/mol. The lowest BCUT2D eigenvalue weighted by atomic mass is 9.84. The molecule has 3 aliphatic rings. The van der Waals surface area contributed by atoms with Crippen molar-refractivity contribution >= 4 is 17.5 Å². The zero-order valence-electron chi connectivity index (χ0n) is 20.7. The largest absolute Gasteiger partial charge is 0.371 e. The average Bonchev–Trinajstić information content (AvgIpc) is 3.58. The number of nitrogens with zero attached hydrogens (tertiary/aromatic N) is 5. The molecule has 4 heterocycles. The maximum atomic E-state index is 13.0. The van der Waals surface area contributed by atoms with Crippen LogP contribution in [0, 0.1) is 6.92 Å². The zero-order chi connectivity index (χ0) is 23.7. The number of hydrogen-bond acceptors (Lipinski definition) is 5. The fourth-order valence-corrected chi connectivity index (χ4v) is 6.05. The molecule has 5 rings (SSSR count). The van der Waals surface area contributed by atoms with E-state index in [0.717, 1.165) is 44.7 Å². The molecule has 0 radical (unpaired) electrons. The second-order valence-corrected chi connectivity index (χ2v) is 10.4. The van der Waals surface area contributed by atoms with Crippen LogP contribution in [-0.4, -0.2) is 63.9 Å². The Balaban J connectivity index is 1.23. The van der Waals surface area contributed by atoms with E-state index in [1.165, 1.54) is 60.3 Å². The monoisotopic (exact) mass is 462 g/mol. The van der Waals surface area contributed by atoms with Gasteiger partial charge in [-0.1, -0.05) is 18.7 Å². The molecule has 7 nitrogen and oxygen atoms in total. The third kappa shape index (κ3) is 4.58. The van der Waals surface area contributed by atoms with Crippen LogP contribution in [0.4, 0.5) is 16.3 Å². The van der Waals surface area contributed by atoms with E-state index in [2.05, 4.69) is 51.9 Å². The Morgan fingerprint density at radius 2 is 1.82 bits per heavy atom. The minimum atomic E-state index is -0.0389. The Morgan fingerprint density at radius 1 is 1.06 bits per heavy atom. The Labute approximate surface area is 203 Å². The van der Waals surface area contributed by atoms with Crippen molar-refractivity contribution in [3.63, 3.8) is 0 Å². The van der Waals surface area contributed by atoms with Crippen molar-refractivity contribution in [1.29, 1.82) is 0 Å². The maximum Gasteiger partial charge on any atom is 0.344 e. The summed E-state index contributed by atoms with van der Waals surface area (Å²) in [7, 11) is 0. The molecular formula is C27H38N6O. The molecule has 0 aliphatic carbocycles. The molecule has 34 heavy (non-hydrogen) atoms. The highest BCUT2D eigenvalue weighted by atomic mass is 16.2. The van der Waals surface area contributed by atoms with E-state index in [4.69, 9.17) is 0 Å². The number of aryl methyl sites for hydroxylation is 1. The molecule has 0 bridgehead atoms. The number of carbonyl (C=O) groups is 1. The first-order valence-electron chi connectivity index (χ1n) is 12.8. The Kier molecular flexibility index (Phi) is 6.38. The summed E-state index contributed by atoms with van der Waals surface area (Å²) in [5, 5.41) is 7.44. The van der Waals surface area contributed by atoms with Crippen molar-refractivity contribution in [1.82, 2.24) is 19.6 Å². The summed E-state index contributed by atoms with van der Waals surface area (Å²) in [6, 6.07) is 8.82. The third-order valence-electron chi connectivity index (χ3n) is 7.93. The second kappa shape index (κ2) is 9.45. The van der Waals surface area contributed by atoms with Gasteiger partial charge in [0, 0.05) is 61.9 Å². The number of carbonyl (C=O) groups excluding carboxylic acids is 1. The zero-order valence-corrected chi connectivity index (χ0v) is 20.7. The van der Waals surface area contributed by atoms with Crippen LogP contribution >= 0.6 is 0 Å². The van der Waals surface area contributed by atoms with Gasteiger partial charge in [-0.3, -0.25) is 4.90 Å². The van der Waals surface area contributed by atoms with Gasteiger partial charge in [-0.2, -0.15) is 4.68 Å². The van der Waals surface area contributed by atoms with E-state index in [1.807, 2.05) is 17.9 Å². The predicted molar refractivity (Wildman–Crippen MR) is 137 cm³/mol. The summed E-state index contributed by atoms with van der Waals surface area (Å²) in [6.45, 7) is 14.0. The van der Waals surface area contributed by atoms with Crippen molar-refractivity contribution in [3.8, 4) is 0 Å². The van der Waals surface area contributed by atoms with Crippen LogP contribution in [0.3, 0.4) is 0 Å². The standard InChI is InChI=1S/C27H38N6O/c1-21(2)28-25-9-16-33(29-25)26(34)31-17-11-27(12-18-31)10-6-15-32(27)20-23-8-7-22(3)24(19-23)30-13-4-5-14-30/h7-9,16,19H,1,4-6,10-15,17-18,20H2,2-3H3,(H,28,29). The van der Waals surface area contributed by atoms with Gasteiger partial charge in [-0.05, 0) is 76.1 Å². The number of aromatic nitrogens is 2. The lowest BCUT2D eigenvalue weighted by Crippen LogP contribution is -2.53. The van der Waals surface area contributed by atoms with Crippen molar-refractivity contribution in [2.45, 2.75) is 64.5 Å². The van der Waals surface area contributed by atoms with Crippen LogP contribution in [0.2, 0.25) is 0 Å². The number of likely N-dealkylation sites (tertiary alicyclic amines) is 2. The minimum absolute atomic E-state index is 0.0389. The second-order valence-electron chi connectivity index (χ2n) is 10.4. The van der Waals surface area contributed by atoms with Crippen LogP contribution in [0.5, 0.6) is 0 Å². The SMILES string of the molecule is C=C(C)Nc1ccn(C(=O)N2CCC3(CCCN3Cc3ccc(C)c(N4CCCC4)c3)CC2)n1. The molecule has 1 amide bonds. The van der Waals surface area contributed by atoms with Gasteiger partial charge in [-0.25, -0.2) is 4.79 Å². The summed E-state index contributed by atoms with van der Waals surface area (Å²) in [5.41, 5.74) is 5.24. The molecule has 2 aromatic rings. The Morgan fingerprint density at radius 3 is 2.56 bits per heavy atom. The van der Waals surface area contributed by atoms with Gasteiger partial charge < -0.3 is 15.1 Å². The summed E-state index contributed by atoms with van der Waals surface area (Å²) in [6.07, 6.45) is 8.87. The summed E-state index contributed by atoms with van der Waals surface area (Å²) >= 11 is 0. The molecule has 1 N–H and O–H groups in total. The first kappa shape index (κ1) is 23.0. The van der Waals surface area contributed by atoms with Crippen LogP contribution in [0.15, 0.2) is 42.7 Å². The maximum absolute atomic E-state index is 13.0. The molecule has 1 aromatic carbocycles. The lowest BCUT2D eigenvalue weighted by molar-refractivity contribution is 0.0585. The van der Waals surface area contributed by atoms with Gasteiger partial charge in [0.25, 0.3) is 0 Å². The van der Waals surface area contributed by atoms with Gasteiger partial charge in [-0.15, -0.1) is 5.10 Å². The number of hydrogen-bond donors (Lipinski definition) is 1. The summed E-state index contributed by atoms with van der Waals surface area (Å²) in [5.74, 6) is 0.655. The van der Waals surface area contributed by atoms with Crippen molar-refractivity contribution in [2.24, 2.45) is 0 Å². The molecule has 182 valence electrons. The molecule has 0 saturated carbocycles. The molecule has 3 saturated heterocycles. The number of nitrogens with one attached hydrogen (secondary N) is 1. The van der Waals surface area contributed by atoms with Crippen LogP contribution < -0.4 is 10.2 Å². The highest BCUT2D eigenvalue weighted by molar-refractivity contribution is 5.76. The fraction of sp³-hybridized carbons (Fsp3) is 0.556. The molecule has 3 fully saturated rings. The summed E-state index contributed by atoms with van der Waals surface area (Å²) in [4.78, 5) is 20.2. The van der Waals surface area contributed by atoms with Crippen LogP contribution in [-0.2, 0) is 6.54 Å². The van der Waals surface area contributed by atoms with Crippen molar-refractivity contribution in [3.05, 3.63) is 53.9 Å². The van der Waals surface area contributed by atoms with Gasteiger partial charge in [0.1, 0.15) is 0 Å². The topological polar surface area (TPSA) is 56.6 Å². The first-order chi connectivity index (χ1) is 16.4. The van der Waals surface area contributed by atoms with E-state index < -0.39 is 0 Å². The highest BCUT2D eigenvalue weighted by Crippen LogP contribution is 2.40. The third-order valence-corrected chi connectivity index (χ3v) is 7.93. The van der Waals surface area contributed by atoms with Crippen LogP contribution in [0.25, 0.3) is 0 Å². The van der Waals surface area contributed by atoms with E-state index >= 15 is 0 Å². The highest BCUT2D eigenvalue weighted by Gasteiger charge is 2.43. The molecule has 7 heteroatoms. The Hall–Kier alpha value is -2.80. The van der Waals surface area contributed by atoms with Crippen molar-refractivity contribution < 1.29 is 4.79 Å². The number of rotatable bonds is 5. The number of piperidine rings is 1.